The van der Waals surface area contributed by atoms with Crippen LogP contribution in [0.4, 0.5) is 0 Å². The van der Waals surface area contributed by atoms with Gasteiger partial charge in [0, 0.05) is 12.1 Å². The van der Waals surface area contributed by atoms with E-state index in [2.05, 4.69) is 21.1 Å². The molecule has 0 aliphatic carbocycles. The van der Waals surface area contributed by atoms with Crippen LogP contribution in [0.5, 0.6) is 0 Å². The number of aromatic nitrogens is 1. The fourth-order valence-electron chi connectivity index (χ4n) is 2.14. The van der Waals surface area contributed by atoms with E-state index in [1.165, 1.54) is 0 Å². The molecule has 0 unspecified atom stereocenters. The molecule has 6 heteroatoms. The summed E-state index contributed by atoms with van der Waals surface area (Å²) in [4.78, 5) is 13.9. The molecule has 0 spiro atoms. The van der Waals surface area contributed by atoms with Gasteiger partial charge in [-0.05, 0) is 41.4 Å². The maximum Gasteiger partial charge on any atom is 0.290 e. The molecule has 0 saturated carbocycles. The third kappa shape index (κ3) is 1.86. The van der Waals surface area contributed by atoms with Gasteiger partial charge in [0.1, 0.15) is 0 Å². The lowest BCUT2D eigenvalue weighted by molar-refractivity contribution is 0.0682. The summed E-state index contributed by atoms with van der Waals surface area (Å²) in [7, 11) is 0. The van der Waals surface area contributed by atoms with E-state index >= 15 is 0 Å². The highest BCUT2D eigenvalue weighted by molar-refractivity contribution is 9.10. The second kappa shape index (κ2) is 4.28. The van der Waals surface area contributed by atoms with Crippen molar-refractivity contribution in [1.29, 1.82) is 0 Å². The van der Waals surface area contributed by atoms with Crippen molar-refractivity contribution in [1.82, 2.24) is 10.1 Å². The lowest BCUT2D eigenvalue weighted by Crippen LogP contribution is -2.35. The first-order valence-electron chi connectivity index (χ1n) is 5.64. The van der Waals surface area contributed by atoms with Crippen LogP contribution in [0.1, 0.15) is 27.6 Å². The Morgan fingerprint density at radius 3 is 3.06 bits per heavy atom. The summed E-state index contributed by atoms with van der Waals surface area (Å²) in [5.74, 6) is 0.986. The summed E-state index contributed by atoms with van der Waals surface area (Å²) in [5.41, 5.74) is 2.04. The van der Waals surface area contributed by atoms with Crippen molar-refractivity contribution in [3.05, 3.63) is 39.6 Å². The molecule has 18 heavy (non-hydrogen) atoms. The highest BCUT2D eigenvalue weighted by Crippen LogP contribution is 2.24. The molecule has 0 radical (unpaired) electrons. The maximum absolute atomic E-state index is 12.2. The van der Waals surface area contributed by atoms with Gasteiger partial charge in [-0.15, -0.1) is 0 Å². The van der Waals surface area contributed by atoms with E-state index in [9.17, 15) is 4.79 Å². The zero-order valence-electron chi connectivity index (χ0n) is 9.77. The van der Waals surface area contributed by atoms with Gasteiger partial charge in [-0.3, -0.25) is 4.79 Å². The van der Waals surface area contributed by atoms with Crippen LogP contribution in [0.25, 0.3) is 0 Å². The fraction of sp³-hybridized carbons (Fsp3) is 0.333. The van der Waals surface area contributed by atoms with Crippen molar-refractivity contribution in [2.24, 2.45) is 0 Å². The Kier molecular flexibility index (Phi) is 2.74. The van der Waals surface area contributed by atoms with Crippen LogP contribution in [0.2, 0.25) is 0 Å². The fourth-order valence-corrected chi connectivity index (χ4v) is 2.44. The van der Waals surface area contributed by atoms with Crippen molar-refractivity contribution in [2.75, 3.05) is 6.54 Å². The first-order valence-corrected chi connectivity index (χ1v) is 6.43. The largest absolute Gasteiger partial charge is 0.444 e. The molecule has 0 N–H and O–H groups in total. The van der Waals surface area contributed by atoms with Crippen molar-refractivity contribution in [2.45, 2.75) is 19.9 Å². The monoisotopic (exact) mass is 310 g/mol. The molecular formula is C12H11BrN2O3. The highest BCUT2D eigenvalue weighted by atomic mass is 79.9. The average Bonchev–Trinajstić information content (AvgIpc) is 2.95. The molecule has 1 amide bonds. The van der Waals surface area contributed by atoms with Crippen LogP contribution in [-0.2, 0) is 13.0 Å². The number of amides is 1. The minimum Gasteiger partial charge on any atom is -0.444 e. The zero-order valence-corrected chi connectivity index (χ0v) is 11.4. The smallest absolute Gasteiger partial charge is 0.290 e. The van der Waals surface area contributed by atoms with Crippen LogP contribution in [0.3, 0.4) is 0 Å². The molecule has 1 aliphatic rings. The zero-order chi connectivity index (χ0) is 12.7. The van der Waals surface area contributed by atoms with Crippen LogP contribution in [0, 0.1) is 6.92 Å². The van der Waals surface area contributed by atoms with Crippen molar-refractivity contribution < 1.29 is 13.7 Å². The number of fused-ring (bicyclic) bond motifs is 1. The Morgan fingerprint density at radius 2 is 2.33 bits per heavy atom. The molecule has 0 bridgehead atoms. The third-order valence-corrected chi connectivity index (χ3v) is 3.53. The highest BCUT2D eigenvalue weighted by Gasteiger charge is 2.27. The molecule has 3 rings (SSSR count). The molecule has 5 nitrogen and oxygen atoms in total. The Bertz CT molecular complexity index is 602. The molecule has 0 fully saturated rings. The normalized spacial score (nSPS) is 14.7. The molecule has 0 aromatic carbocycles. The van der Waals surface area contributed by atoms with Gasteiger partial charge < -0.3 is 13.8 Å². The van der Waals surface area contributed by atoms with Crippen LogP contribution in [0.15, 0.2) is 25.7 Å². The molecule has 3 heterocycles. The number of hydrogen-bond donors (Lipinski definition) is 0. The van der Waals surface area contributed by atoms with Crippen LogP contribution in [-0.4, -0.2) is 22.5 Å². The van der Waals surface area contributed by atoms with E-state index < -0.39 is 0 Å². The van der Waals surface area contributed by atoms with E-state index in [0.29, 0.717) is 23.5 Å². The number of furan rings is 1. The number of rotatable bonds is 1. The Morgan fingerprint density at radius 1 is 1.50 bits per heavy atom. The summed E-state index contributed by atoms with van der Waals surface area (Å²) in [6, 6.07) is 3.37. The quantitative estimate of drug-likeness (QED) is 0.812. The average molecular weight is 311 g/mol. The maximum atomic E-state index is 12.2. The van der Waals surface area contributed by atoms with Gasteiger partial charge in [0.25, 0.3) is 5.91 Å². The predicted molar refractivity (Wildman–Crippen MR) is 66.1 cm³/mol. The molecule has 0 saturated heterocycles. The molecule has 2 aromatic heterocycles. The van der Waals surface area contributed by atoms with E-state index in [-0.39, 0.29) is 5.91 Å². The Hall–Kier alpha value is -1.56. The lowest BCUT2D eigenvalue weighted by atomic mass is 10.1. The van der Waals surface area contributed by atoms with Gasteiger partial charge in [0.15, 0.2) is 16.2 Å². The number of nitrogens with zero attached hydrogens (tertiary/aromatic N) is 2. The number of halogens is 1. The van der Waals surface area contributed by atoms with E-state index in [1.807, 2.05) is 6.92 Å². The van der Waals surface area contributed by atoms with E-state index in [0.717, 1.165) is 23.4 Å². The molecule has 0 atom stereocenters. The Labute approximate surface area is 112 Å². The van der Waals surface area contributed by atoms with E-state index in [4.69, 9.17) is 8.94 Å². The number of hydrogen-bond acceptors (Lipinski definition) is 4. The standard InChI is InChI=1S/C12H11BrN2O3/c1-7-8-4-5-15(6-10(8)18-14-7)12(16)9-2-3-11(13)17-9/h2-3H,4-6H2,1H3. The summed E-state index contributed by atoms with van der Waals surface area (Å²) in [5, 5.41) is 3.92. The minimum atomic E-state index is -0.125. The first-order chi connectivity index (χ1) is 8.65. The summed E-state index contributed by atoms with van der Waals surface area (Å²) >= 11 is 3.19. The topological polar surface area (TPSA) is 59.5 Å². The SMILES string of the molecule is Cc1noc2c1CCN(C(=O)c1ccc(Br)o1)C2. The van der Waals surface area contributed by atoms with Gasteiger partial charge in [0.2, 0.25) is 0 Å². The first kappa shape index (κ1) is 11.5. The van der Waals surface area contributed by atoms with Gasteiger partial charge >= 0.3 is 0 Å². The van der Waals surface area contributed by atoms with E-state index in [1.54, 1.807) is 17.0 Å². The molecule has 2 aromatic rings. The summed E-state index contributed by atoms with van der Waals surface area (Å²) < 4.78 is 11.1. The predicted octanol–water partition coefficient (Wildman–Crippen LogP) is 2.54. The van der Waals surface area contributed by atoms with Crippen molar-refractivity contribution >= 4 is 21.8 Å². The second-order valence-electron chi connectivity index (χ2n) is 4.25. The lowest BCUT2D eigenvalue weighted by Gasteiger charge is -2.24. The summed E-state index contributed by atoms with van der Waals surface area (Å²) in [6.45, 7) is 3.03. The van der Waals surface area contributed by atoms with Gasteiger partial charge in [-0.2, -0.15) is 0 Å². The Balaban J connectivity index is 1.82. The minimum absolute atomic E-state index is 0.125. The van der Waals surface area contributed by atoms with Crippen LogP contribution >= 0.6 is 15.9 Å². The number of aryl methyl sites for hydroxylation is 1. The molecule has 94 valence electrons. The molecular weight excluding hydrogens is 300 g/mol. The van der Waals surface area contributed by atoms with Gasteiger partial charge in [-0.25, -0.2) is 0 Å². The summed E-state index contributed by atoms with van der Waals surface area (Å²) in [6.07, 6.45) is 0.776. The third-order valence-electron chi connectivity index (χ3n) is 3.10. The van der Waals surface area contributed by atoms with Gasteiger partial charge in [0.05, 0.1) is 12.2 Å². The molecule has 1 aliphatic heterocycles. The second-order valence-corrected chi connectivity index (χ2v) is 5.03. The van der Waals surface area contributed by atoms with Crippen molar-refractivity contribution in [3.8, 4) is 0 Å². The van der Waals surface area contributed by atoms with Crippen LogP contribution < -0.4 is 0 Å². The number of carbonyl (C=O) groups is 1. The van der Waals surface area contributed by atoms with Crippen molar-refractivity contribution in [3.63, 3.8) is 0 Å². The van der Waals surface area contributed by atoms with Gasteiger partial charge in [-0.1, -0.05) is 5.16 Å². The number of carbonyl (C=O) groups excluding carboxylic acids is 1.